The van der Waals surface area contributed by atoms with Crippen molar-refractivity contribution in [1.82, 2.24) is 5.32 Å². The lowest BCUT2D eigenvalue weighted by Gasteiger charge is -2.10. The molecular weight excluding hydrogens is 344 g/mol. The number of aryl methyl sites for hydroxylation is 1. The molecule has 3 N–H and O–H groups in total. The normalized spacial score (nSPS) is 15.7. The number of nitrogens with one attached hydrogen (secondary N) is 3. The predicted octanol–water partition coefficient (Wildman–Crippen LogP) is 2.55. The van der Waals surface area contributed by atoms with E-state index in [1.54, 1.807) is 18.2 Å². The molecule has 0 fully saturated rings. The Morgan fingerprint density at radius 1 is 1.19 bits per heavy atom. The van der Waals surface area contributed by atoms with E-state index in [-0.39, 0.29) is 18.2 Å². The third-order valence-electron chi connectivity index (χ3n) is 4.21. The number of amides is 2. The maximum absolute atomic E-state index is 12.3. The molecule has 1 atom stereocenters. The monoisotopic (exact) mass is 366 g/mol. The van der Waals surface area contributed by atoms with Gasteiger partial charge in [-0.1, -0.05) is 31.2 Å². The predicted molar refractivity (Wildman–Crippen MR) is 105 cm³/mol. The maximum atomic E-state index is 12.3. The summed E-state index contributed by atoms with van der Waals surface area (Å²) in [6.45, 7) is 2.09. The Morgan fingerprint density at radius 2 is 1.93 bits per heavy atom. The highest BCUT2D eigenvalue weighted by molar-refractivity contribution is 6.11. The van der Waals surface area contributed by atoms with Gasteiger partial charge in [0.05, 0.1) is 19.2 Å². The van der Waals surface area contributed by atoms with Gasteiger partial charge in [0.15, 0.2) is 0 Å². The van der Waals surface area contributed by atoms with Gasteiger partial charge in [0, 0.05) is 5.69 Å². The summed E-state index contributed by atoms with van der Waals surface area (Å²) in [7, 11) is 1.53. The fourth-order valence-corrected chi connectivity index (χ4v) is 2.73. The molecule has 0 unspecified atom stereocenters. The Labute approximate surface area is 157 Å². The lowest BCUT2D eigenvalue weighted by atomic mass is 10.1. The lowest BCUT2D eigenvalue weighted by molar-refractivity contribution is -0.123. The van der Waals surface area contributed by atoms with Gasteiger partial charge >= 0.3 is 0 Å². The van der Waals surface area contributed by atoms with Crippen LogP contribution < -0.4 is 20.7 Å². The van der Waals surface area contributed by atoms with Crippen LogP contribution in [0.15, 0.2) is 53.5 Å². The van der Waals surface area contributed by atoms with Crippen LogP contribution in [0.2, 0.25) is 0 Å². The molecule has 0 bridgehead atoms. The molecule has 140 valence electrons. The first-order chi connectivity index (χ1) is 13.1. The van der Waals surface area contributed by atoms with Crippen LogP contribution in [0.3, 0.4) is 0 Å². The molecule has 27 heavy (non-hydrogen) atoms. The minimum absolute atomic E-state index is 0.0518. The van der Waals surface area contributed by atoms with Crippen molar-refractivity contribution in [3.05, 3.63) is 54.1 Å². The Morgan fingerprint density at radius 3 is 2.63 bits per heavy atom. The molecule has 1 aliphatic rings. The topological polar surface area (TPSA) is 91.8 Å². The first-order valence-electron chi connectivity index (χ1n) is 8.76. The van der Waals surface area contributed by atoms with E-state index in [2.05, 4.69) is 27.9 Å². The number of carbonyl (C=O) groups excluding carboxylic acids is 2. The van der Waals surface area contributed by atoms with Gasteiger partial charge in [-0.15, -0.1) is 0 Å². The second-order valence-corrected chi connectivity index (χ2v) is 6.11. The number of benzene rings is 2. The number of hydrogen-bond donors (Lipinski definition) is 3. The van der Waals surface area contributed by atoms with Gasteiger partial charge in [0.2, 0.25) is 11.9 Å². The van der Waals surface area contributed by atoms with Gasteiger partial charge in [0.1, 0.15) is 11.8 Å². The smallest absolute Gasteiger partial charge is 0.252 e. The highest BCUT2D eigenvalue weighted by Gasteiger charge is 2.28. The summed E-state index contributed by atoms with van der Waals surface area (Å²) in [6, 6.07) is 14.2. The number of carbonyl (C=O) groups is 2. The molecule has 3 rings (SSSR count). The molecule has 0 aromatic heterocycles. The molecule has 0 saturated carbocycles. The molecule has 2 aromatic rings. The minimum Gasteiger partial charge on any atom is -0.495 e. The Hall–Kier alpha value is -3.35. The second kappa shape index (κ2) is 8.35. The van der Waals surface area contributed by atoms with Crippen molar-refractivity contribution in [2.24, 2.45) is 4.99 Å². The zero-order valence-corrected chi connectivity index (χ0v) is 15.3. The highest BCUT2D eigenvalue weighted by atomic mass is 16.5. The van der Waals surface area contributed by atoms with E-state index in [1.807, 2.05) is 30.3 Å². The number of para-hydroxylation sites is 2. The van der Waals surface area contributed by atoms with E-state index in [0.29, 0.717) is 17.4 Å². The summed E-state index contributed by atoms with van der Waals surface area (Å²) in [5.41, 5.74) is 2.61. The van der Waals surface area contributed by atoms with E-state index < -0.39 is 6.04 Å². The van der Waals surface area contributed by atoms with E-state index in [9.17, 15) is 9.59 Å². The molecule has 0 radical (unpaired) electrons. The maximum Gasteiger partial charge on any atom is 0.252 e. The average Bonchev–Trinajstić information content (AvgIpc) is 3.01. The van der Waals surface area contributed by atoms with Crippen molar-refractivity contribution in [3.63, 3.8) is 0 Å². The summed E-state index contributed by atoms with van der Waals surface area (Å²) in [5, 5.41) is 8.48. The molecule has 2 amide bonds. The van der Waals surface area contributed by atoms with Crippen molar-refractivity contribution in [3.8, 4) is 5.75 Å². The zero-order valence-electron chi connectivity index (χ0n) is 15.3. The number of aliphatic imine (C=N–C) groups is 1. The molecule has 7 heteroatoms. The van der Waals surface area contributed by atoms with Gasteiger partial charge in [-0.2, -0.15) is 0 Å². The van der Waals surface area contributed by atoms with E-state index in [1.165, 1.54) is 12.7 Å². The van der Waals surface area contributed by atoms with Crippen LogP contribution in [0.25, 0.3) is 0 Å². The minimum atomic E-state index is -0.767. The number of nitrogens with zero attached hydrogens (tertiary/aromatic N) is 1. The van der Waals surface area contributed by atoms with Gasteiger partial charge < -0.3 is 15.4 Å². The van der Waals surface area contributed by atoms with Crippen molar-refractivity contribution in [1.29, 1.82) is 0 Å². The highest BCUT2D eigenvalue weighted by Crippen LogP contribution is 2.23. The number of methoxy groups -OCH3 is 1. The summed E-state index contributed by atoms with van der Waals surface area (Å²) < 4.78 is 5.21. The molecule has 7 nitrogen and oxygen atoms in total. The number of guanidine groups is 1. The third kappa shape index (κ3) is 4.63. The van der Waals surface area contributed by atoms with Crippen LogP contribution >= 0.6 is 0 Å². The molecule has 1 heterocycles. The van der Waals surface area contributed by atoms with E-state index in [4.69, 9.17) is 4.74 Å². The Balaban J connectivity index is 1.61. The summed E-state index contributed by atoms with van der Waals surface area (Å²) in [5.74, 6) is 0.289. The fraction of sp³-hybridized carbons (Fsp3) is 0.250. The Bertz CT molecular complexity index is 862. The van der Waals surface area contributed by atoms with Gasteiger partial charge in [-0.05, 0) is 36.2 Å². The molecule has 2 aromatic carbocycles. The van der Waals surface area contributed by atoms with Crippen LogP contribution in [-0.4, -0.2) is 30.9 Å². The number of anilines is 2. The molecule has 1 aliphatic heterocycles. The summed E-state index contributed by atoms with van der Waals surface area (Å²) in [6.07, 6.45) is 0.908. The largest absolute Gasteiger partial charge is 0.495 e. The first kappa shape index (κ1) is 18.4. The van der Waals surface area contributed by atoms with E-state index in [0.717, 1.165) is 12.1 Å². The number of hydrogen-bond acceptors (Lipinski definition) is 5. The SMILES string of the molecule is CCc1ccc(NC2=N[C@H](CC(=O)Nc3ccccc3OC)C(=O)N2)cc1. The first-order valence-corrected chi connectivity index (χ1v) is 8.76. The summed E-state index contributed by atoms with van der Waals surface area (Å²) in [4.78, 5) is 28.7. The van der Waals surface area contributed by atoms with Crippen molar-refractivity contribution in [2.45, 2.75) is 25.8 Å². The van der Waals surface area contributed by atoms with E-state index >= 15 is 0 Å². The van der Waals surface area contributed by atoms with Gasteiger partial charge in [-0.3, -0.25) is 14.9 Å². The van der Waals surface area contributed by atoms with Crippen molar-refractivity contribution < 1.29 is 14.3 Å². The lowest BCUT2D eigenvalue weighted by Crippen LogP contribution is -2.33. The molecular formula is C20H22N4O3. The number of rotatable bonds is 6. The van der Waals surface area contributed by atoms with Crippen LogP contribution in [0.4, 0.5) is 11.4 Å². The third-order valence-corrected chi connectivity index (χ3v) is 4.21. The van der Waals surface area contributed by atoms with Crippen LogP contribution in [0.1, 0.15) is 18.9 Å². The number of ether oxygens (including phenoxy) is 1. The van der Waals surface area contributed by atoms with Crippen LogP contribution in [-0.2, 0) is 16.0 Å². The van der Waals surface area contributed by atoms with Gasteiger partial charge in [-0.25, -0.2) is 4.99 Å². The second-order valence-electron chi connectivity index (χ2n) is 6.11. The standard InChI is InChI=1S/C20H22N4O3/c1-3-13-8-10-14(11-9-13)21-20-23-16(19(26)24-20)12-18(25)22-15-6-4-5-7-17(15)27-2/h4-11,16H,3,12H2,1-2H3,(H,22,25)(H2,21,23,24,26)/t16-/m1/s1. The van der Waals surface area contributed by atoms with Gasteiger partial charge in [0.25, 0.3) is 5.91 Å². The Kier molecular flexibility index (Phi) is 5.71. The van der Waals surface area contributed by atoms with Crippen molar-refractivity contribution in [2.75, 3.05) is 17.7 Å². The van der Waals surface area contributed by atoms with Crippen LogP contribution in [0.5, 0.6) is 5.75 Å². The molecule has 0 spiro atoms. The average molecular weight is 366 g/mol. The fourth-order valence-electron chi connectivity index (χ4n) is 2.73. The molecule has 0 saturated heterocycles. The van der Waals surface area contributed by atoms with Crippen molar-refractivity contribution >= 4 is 29.1 Å². The molecule has 0 aliphatic carbocycles. The quantitative estimate of drug-likeness (QED) is 0.733. The zero-order chi connectivity index (χ0) is 19.2. The summed E-state index contributed by atoms with van der Waals surface area (Å²) >= 11 is 0. The van der Waals surface area contributed by atoms with Crippen LogP contribution in [0, 0.1) is 0 Å².